The Kier molecular flexibility index (Phi) is 7.35. The highest BCUT2D eigenvalue weighted by molar-refractivity contribution is 7.92. The van der Waals surface area contributed by atoms with Crippen molar-refractivity contribution in [3.8, 4) is 0 Å². The van der Waals surface area contributed by atoms with Crippen molar-refractivity contribution in [3.63, 3.8) is 0 Å². The largest absolute Gasteiger partial charge is 0.348 e. The van der Waals surface area contributed by atoms with E-state index < -0.39 is 16.1 Å². The molecule has 2 atom stereocenters. The summed E-state index contributed by atoms with van der Waals surface area (Å²) >= 11 is 6.05. The van der Waals surface area contributed by atoms with Crippen LogP contribution in [-0.2, 0) is 14.8 Å². The minimum Gasteiger partial charge on any atom is -0.348 e. The average molecular weight is 437 g/mol. The van der Waals surface area contributed by atoms with Crippen molar-refractivity contribution >= 4 is 33.2 Å². The monoisotopic (exact) mass is 436 g/mol. The third-order valence-electron chi connectivity index (χ3n) is 5.10. The van der Waals surface area contributed by atoms with Crippen molar-refractivity contribution in [1.29, 1.82) is 0 Å². The number of sulfonamides is 1. The molecule has 0 aromatic heterocycles. The summed E-state index contributed by atoms with van der Waals surface area (Å²) in [5, 5.41) is 3.40. The maximum absolute atomic E-state index is 13.1. The number of carbonyl (C=O) groups excluding carboxylic acids is 1. The molecule has 0 aliphatic rings. The molecule has 0 aliphatic heterocycles. The quantitative estimate of drug-likeness (QED) is 0.684. The van der Waals surface area contributed by atoms with Crippen molar-refractivity contribution in [3.05, 3.63) is 63.7 Å². The molecule has 0 unspecified atom stereocenters. The second-order valence-electron chi connectivity index (χ2n) is 7.49. The van der Waals surface area contributed by atoms with E-state index in [2.05, 4.69) is 24.4 Å². The van der Waals surface area contributed by atoms with E-state index in [4.69, 9.17) is 11.6 Å². The topological polar surface area (TPSA) is 66.5 Å². The molecule has 2 aromatic carbocycles. The number of amides is 1. The number of hydrogen-bond donors (Lipinski definition) is 1. The van der Waals surface area contributed by atoms with Gasteiger partial charge in [-0.3, -0.25) is 9.10 Å². The van der Waals surface area contributed by atoms with Gasteiger partial charge in [-0.05, 0) is 74.6 Å². The molecule has 0 fully saturated rings. The molecule has 5 nitrogen and oxygen atoms in total. The zero-order chi connectivity index (χ0) is 21.9. The van der Waals surface area contributed by atoms with Crippen LogP contribution in [-0.4, -0.2) is 26.6 Å². The number of rotatable bonds is 7. The van der Waals surface area contributed by atoms with Gasteiger partial charge in [0.2, 0.25) is 15.9 Å². The molecule has 2 aromatic rings. The Hall–Kier alpha value is -2.05. The summed E-state index contributed by atoms with van der Waals surface area (Å²) in [4.78, 5) is 13.1. The number of aryl methyl sites for hydroxylation is 3. The summed E-state index contributed by atoms with van der Waals surface area (Å²) in [5.41, 5.74) is 4.82. The molecule has 158 valence electrons. The van der Waals surface area contributed by atoms with Crippen molar-refractivity contribution in [1.82, 2.24) is 5.32 Å². The normalized spacial score (nSPS) is 13.6. The summed E-state index contributed by atoms with van der Waals surface area (Å²) < 4.78 is 26.2. The Labute approximate surface area is 179 Å². The zero-order valence-corrected chi connectivity index (χ0v) is 19.4. The van der Waals surface area contributed by atoms with E-state index in [9.17, 15) is 13.2 Å². The molecule has 0 saturated heterocycles. The summed E-state index contributed by atoms with van der Waals surface area (Å²) in [6.07, 6.45) is 1.42. The van der Waals surface area contributed by atoms with Crippen molar-refractivity contribution in [2.75, 3.05) is 10.6 Å². The maximum Gasteiger partial charge on any atom is 0.244 e. The van der Waals surface area contributed by atoms with Gasteiger partial charge >= 0.3 is 0 Å². The number of nitrogens with one attached hydrogen (secondary N) is 1. The van der Waals surface area contributed by atoms with Crippen LogP contribution < -0.4 is 9.62 Å². The van der Waals surface area contributed by atoms with Crippen LogP contribution in [0.15, 0.2) is 36.4 Å². The molecule has 0 heterocycles. The molecule has 0 spiro atoms. The molecular formula is C22H29ClN2O3S. The predicted octanol–water partition coefficient (Wildman–Crippen LogP) is 4.69. The van der Waals surface area contributed by atoms with Gasteiger partial charge in [-0.2, -0.15) is 0 Å². The van der Waals surface area contributed by atoms with Gasteiger partial charge in [0.25, 0.3) is 0 Å². The molecule has 7 heteroatoms. The average Bonchev–Trinajstić information content (AvgIpc) is 2.61. The van der Waals surface area contributed by atoms with Gasteiger partial charge in [0.05, 0.1) is 18.0 Å². The molecule has 1 amide bonds. The van der Waals surface area contributed by atoms with E-state index in [1.807, 2.05) is 20.8 Å². The smallest absolute Gasteiger partial charge is 0.244 e. The maximum atomic E-state index is 13.1. The first-order valence-electron chi connectivity index (χ1n) is 9.58. The number of benzene rings is 2. The highest BCUT2D eigenvalue weighted by atomic mass is 35.5. The van der Waals surface area contributed by atoms with Gasteiger partial charge in [0.15, 0.2) is 0 Å². The van der Waals surface area contributed by atoms with Gasteiger partial charge in [-0.25, -0.2) is 8.42 Å². The van der Waals surface area contributed by atoms with Gasteiger partial charge in [-0.1, -0.05) is 36.7 Å². The number of halogens is 1. The van der Waals surface area contributed by atoms with Crippen molar-refractivity contribution < 1.29 is 13.2 Å². The van der Waals surface area contributed by atoms with E-state index in [1.54, 1.807) is 31.2 Å². The third-order valence-corrected chi connectivity index (χ3v) is 6.52. The minimum atomic E-state index is -3.70. The van der Waals surface area contributed by atoms with E-state index in [1.165, 1.54) is 5.56 Å². The molecule has 1 N–H and O–H groups in total. The fourth-order valence-electron chi connectivity index (χ4n) is 3.51. The van der Waals surface area contributed by atoms with Crippen LogP contribution in [0.5, 0.6) is 0 Å². The molecular weight excluding hydrogens is 408 g/mol. The molecule has 2 rings (SSSR count). The predicted molar refractivity (Wildman–Crippen MR) is 120 cm³/mol. The molecule has 0 saturated carbocycles. The Morgan fingerprint density at radius 2 is 1.72 bits per heavy atom. The highest BCUT2D eigenvalue weighted by Crippen LogP contribution is 2.27. The second kappa shape index (κ2) is 9.18. The van der Waals surface area contributed by atoms with Gasteiger partial charge in [0.1, 0.15) is 6.04 Å². The Morgan fingerprint density at radius 3 is 2.28 bits per heavy atom. The minimum absolute atomic E-state index is 0.253. The number of nitrogens with zero attached hydrogens (tertiary/aromatic N) is 1. The van der Waals surface area contributed by atoms with Gasteiger partial charge in [-0.15, -0.1) is 0 Å². The second-order valence-corrected chi connectivity index (χ2v) is 9.78. The van der Waals surface area contributed by atoms with E-state index in [-0.39, 0.29) is 11.9 Å². The Morgan fingerprint density at radius 1 is 1.10 bits per heavy atom. The van der Waals surface area contributed by atoms with Crippen LogP contribution in [0.25, 0.3) is 0 Å². The first kappa shape index (κ1) is 23.2. The Balaban J connectivity index is 2.36. The third kappa shape index (κ3) is 5.52. The molecule has 0 bridgehead atoms. The lowest BCUT2D eigenvalue weighted by Gasteiger charge is -2.31. The lowest BCUT2D eigenvalue weighted by molar-refractivity contribution is -0.122. The lowest BCUT2D eigenvalue weighted by atomic mass is 9.96. The molecule has 0 aliphatic carbocycles. The van der Waals surface area contributed by atoms with Crippen LogP contribution in [0.2, 0.25) is 5.02 Å². The van der Waals surface area contributed by atoms with Crippen LogP contribution in [0.1, 0.15) is 48.6 Å². The van der Waals surface area contributed by atoms with E-state index in [0.717, 1.165) is 27.3 Å². The summed E-state index contributed by atoms with van der Waals surface area (Å²) in [6, 6.07) is 9.56. The highest BCUT2D eigenvalue weighted by Gasteiger charge is 2.32. The first-order chi connectivity index (χ1) is 13.5. The molecule has 0 radical (unpaired) electrons. The van der Waals surface area contributed by atoms with Crippen LogP contribution in [0.4, 0.5) is 5.69 Å². The van der Waals surface area contributed by atoms with Gasteiger partial charge < -0.3 is 5.32 Å². The summed E-state index contributed by atoms with van der Waals surface area (Å²) in [5.74, 6) is -0.344. The SMILES string of the molecule is CC[C@H](C(=O)N[C@@H](C)c1cc(C)c(C)cc1C)N(c1cccc(Cl)c1)S(C)(=O)=O. The fraction of sp³-hybridized carbons (Fsp3) is 0.409. The van der Waals surface area contributed by atoms with Crippen LogP contribution in [0.3, 0.4) is 0 Å². The zero-order valence-electron chi connectivity index (χ0n) is 17.8. The van der Waals surface area contributed by atoms with Crippen molar-refractivity contribution in [2.45, 2.75) is 53.1 Å². The van der Waals surface area contributed by atoms with Crippen LogP contribution in [0, 0.1) is 20.8 Å². The lowest BCUT2D eigenvalue weighted by Crippen LogP contribution is -2.49. The Bertz CT molecular complexity index is 1010. The first-order valence-corrected chi connectivity index (χ1v) is 11.8. The van der Waals surface area contributed by atoms with E-state index in [0.29, 0.717) is 17.1 Å². The number of anilines is 1. The molecule has 29 heavy (non-hydrogen) atoms. The number of hydrogen-bond acceptors (Lipinski definition) is 3. The standard InChI is InChI=1S/C22H29ClN2O3S/c1-7-21(25(29(6,27)28)19-10-8-9-18(23)13-19)22(26)24-17(5)20-12-15(3)14(2)11-16(20)4/h8-13,17,21H,7H2,1-6H3,(H,24,26)/t17-,21+/m0/s1. The van der Waals surface area contributed by atoms with Gasteiger partial charge in [0, 0.05) is 5.02 Å². The number of carbonyl (C=O) groups is 1. The summed E-state index contributed by atoms with van der Waals surface area (Å²) in [7, 11) is -3.70. The summed E-state index contributed by atoms with van der Waals surface area (Å²) in [6.45, 7) is 9.80. The van der Waals surface area contributed by atoms with Crippen LogP contribution >= 0.6 is 11.6 Å². The van der Waals surface area contributed by atoms with E-state index >= 15 is 0 Å². The fourth-order valence-corrected chi connectivity index (χ4v) is 4.90. The van der Waals surface area contributed by atoms with Crippen molar-refractivity contribution in [2.24, 2.45) is 0 Å².